The molecular formula is C14H13FN2O3SSi. The summed E-state index contributed by atoms with van der Waals surface area (Å²) in [4.78, 5) is 12.1. The molecule has 0 radical (unpaired) electrons. The smallest absolute Gasteiger partial charge is 0.272 e. The van der Waals surface area contributed by atoms with Crippen LogP contribution in [0, 0.1) is 12.7 Å². The highest BCUT2D eigenvalue weighted by Crippen LogP contribution is 2.17. The van der Waals surface area contributed by atoms with E-state index in [1.807, 2.05) is 0 Å². The monoisotopic (exact) mass is 336 g/mol. The molecule has 0 bridgehead atoms. The third-order valence-corrected chi connectivity index (χ3v) is 5.19. The fourth-order valence-electron chi connectivity index (χ4n) is 1.80. The summed E-state index contributed by atoms with van der Waals surface area (Å²) in [5.74, 6) is -0.849. The van der Waals surface area contributed by atoms with Gasteiger partial charge in [-0.1, -0.05) is 6.07 Å². The Balaban J connectivity index is 2.28. The van der Waals surface area contributed by atoms with Gasteiger partial charge in [0.05, 0.1) is 4.90 Å². The van der Waals surface area contributed by atoms with Gasteiger partial charge in [0.15, 0.2) is 0 Å². The van der Waals surface area contributed by atoms with Crippen molar-refractivity contribution in [3.63, 3.8) is 0 Å². The summed E-state index contributed by atoms with van der Waals surface area (Å²) in [6.45, 7) is 1.59. The molecule has 1 N–H and O–H groups in total. The van der Waals surface area contributed by atoms with Crippen LogP contribution in [0.4, 0.5) is 10.1 Å². The average Bonchev–Trinajstić information content (AvgIpc) is 2.51. The van der Waals surface area contributed by atoms with Crippen molar-refractivity contribution in [2.24, 2.45) is 4.04 Å². The number of carbonyl (C=O) groups is 1. The van der Waals surface area contributed by atoms with Crippen LogP contribution in [0.15, 0.2) is 51.4 Å². The minimum Gasteiger partial charge on any atom is -0.322 e. The third kappa shape index (κ3) is 3.52. The van der Waals surface area contributed by atoms with Crippen molar-refractivity contribution in [1.29, 1.82) is 0 Å². The molecule has 0 atom stereocenters. The zero-order valence-corrected chi connectivity index (χ0v) is 13.9. The summed E-state index contributed by atoms with van der Waals surface area (Å²) in [5.41, 5.74) is 1.01. The van der Waals surface area contributed by atoms with E-state index >= 15 is 0 Å². The van der Waals surface area contributed by atoms with Crippen LogP contribution < -0.4 is 5.32 Å². The molecule has 114 valence electrons. The lowest BCUT2D eigenvalue weighted by atomic mass is 10.2. The molecule has 0 fully saturated rings. The molecule has 0 aliphatic carbocycles. The quantitative estimate of drug-likeness (QED) is 0.866. The molecule has 5 nitrogen and oxygen atoms in total. The molecule has 0 saturated carbocycles. The maximum Gasteiger partial charge on any atom is 0.272 e. The maximum atomic E-state index is 13.2. The standard InChI is InChI=1S/C14H13FN2O3SSi/c1-9-7-11(5-6-13(9)15)16-14(18)10-3-2-4-12(8-10)21(19,20)17-22/h2-8H,22H2,1H3,(H,16,18). The molecule has 2 rings (SSSR count). The van der Waals surface area contributed by atoms with Crippen LogP contribution in [0.3, 0.4) is 0 Å². The van der Waals surface area contributed by atoms with E-state index in [1.54, 1.807) is 6.92 Å². The second-order valence-corrected chi connectivity index (χ2v) is 7.00. The Morgan fingerprint density at radius 2 is 1.95 bits per heavy atom. The molecule has 0 unspecified atom stereocenters. The van der Waals surface area contributed by atoms with Crippen molar-refractivity contribution in [2.45, 2.75) is 11.8 Å². The van der Waals surface area contributed by atoms with Gasteiger partial charge in [-0.3, -0.25) is 4.79 Å². The highest BCUT2D eigenvalue weighted by atomic mass is 32.2. The number of amides is 1. The second-order valence-electron chi connectivity index (χ2n) is 4.55. The van der Waals surface area contributed by atoms with Crippen LogP contribution in [0.5, 0.6) is 0 Å². The minimum absolute atomic E-state index is 0.0505. The van der Waals surface area contributed by atoms with Crippen molar-refractivity contribution < 1.29 is 17.6 Å². The molecule has 0 aliphatic heterocycles. The summed E-state index contributed by atoms with van der Waals surface area (Å²) in [6, 6.07) is 9.75. The summed E-state index contributed by atoms with van der Waals surface area (Å²) in [6.07, 6.45) is 0. The lowest BCUT2D eigenvalue weighted by Crippen LogP contribution is -2.12. The van der Waals surface area contributed by atoms with Gasteiger partial charge in [-0.2, -0.15) is 0 Å². The Kier molecular flexibility index (Phi) is 4.62. The Bertz CT molecular complexity index is 853. The van der Waals surface area contributed by atoms with Crippen molar-refractivity contribution in [2.75, 3.05) is 5.32 Å². The molecule has 2 aromatic rings. The van der Waals surface area contributed by atoms with E-state index < -0.39 is 15.9 Å². The Hall–Kier alpha value is -2.19. The van der Waals surface area contributed by atoms with Gasteiger partial charge >= 0.3 is 0 Å². The number of hydrogen-bond acceptors (Lipinski definition) is 3. The van der Waals surface area contributed by atoms with Crippen LogP contribution in [0.2, 0.25) is 0 Å². The lowest BCUT2D eigenvalue weighted by molar-refractivity contribution is 0.102. The normalized spacial score (nSPS) is 11.0. The van der Waals surface area contributed by atoms with Crippen molar-refractivity contribution in [3.8, 4) is 0 Å². The Morgan fingerprint density at radius 3 is 2.59 bits per heavy atom. The highest BCUT2D eigenvalue weighted by Gasteiger charge is 2.14. The number of carbonyl (C=O) groups excluding carboxylic acids is 1. The van der Waals surface area contributed by atoms with Crippen LogP contribution >= 0.6 is 0 Å². The van der Waals surface area contributed by atoms with Crippen LogP contribution in [-0.2, 0) is 10.0 Å². The first kappa shape index (κ1) is 16.2. The van der Waals surface area contributed by atoms with Gasteiger partial charge in [0.25, 0.3) is 15.9 Å². The number of sulfonamides is 1. The third-order valence-electron chi connectivity index (χ3n) is 2.98. The molecule has 0 heterocycles. The van der Waals surface area contributed by atoms with E-state index in [0.717, 1.165) is 10.0 Å². The maximum absolute atomic E-state index is 13.2. The summed E-state index contributed by atoms with van der Waals surface area (Å²) in [5, 5.41) is 2.59. The number of rotatable bonds is 4. The van der Waals surface area contributed by atoms with Gasteiger partial charge in [0, 0.05) is 11.3 Å². The van der Waals surface area contributed by atoms with Gasteiger partial charge in [0.2, 0.25) is 0 Å². The van der Waals surface area contributed by atoms with E-state index in [-0.39, 0.29) is 16.3 Å². The van der Waals surface area contributed by atoms with Crippen molar-refractivity contribution in [1.82, 2.24) is 0 Å². The SMILES string of the molecule is Cc1cc(NC(=O)c2cccc(S(=O)(=O)N=[SiH2])c2)ccc1F. The van der Waals surface area contributed by atoms with Gasteiger partial charge in [-0.25, -0.2) is 16.8 Å². The first-order valence-corrected chi connectivity index (χ1v) is 8.31. The molecule has 0 spiro atoms. The summed E-state index contributed by atoms with van der Waals surface area (Å²) < 4.78 is 39.9. The van der Waals surface area contributed by atoms with Crippen LogP contribution in [-0.4, -0.2) is 24.4 Å². The number of hydrogen-bond donors (Lipinski definition) is 1. The number of nitrogens with one attached hydrogen (secondary N) is 1. The van der Waals surface area contributed by atoms with E-state index in [4.69, 9.17) is 0 Å². The second kappa shape index (κ2) is 6.28. The van der Waals surface area contributed by atoms with Gasteiger partial charge < -0.3 is 5.32 Å². The minimum atomic E-state index is -3.73. The van der Waals surface area contributed by atoms with Gasteiger partial charge in [-0.05, 0) is 48.9 Å². The molecular weight excluding hydrogens is 323 g/mol. The molecule has 8 heteroatoms. The molecule has 2 aromatic carbocycles. The number of benzene rings is 2. The Morgan fingerprint density at radius 1 is 1.23 bits per heavy atom. The first-order valence-electron chi connectivity index (χ1n) is 6.24. The number of nitrogens with zero attached hydrogens (tertiary/aromatic N) is 1. The van der Waals surface area contributed by atoms with Crippen molar-refractivity contribution in [3.05, 3.63) is 59.4 Å². The van der Waals surface area contributed by atoms with Crippen LogP contribution in [0.25, 0.3) is 0 Å². The summed E-state index contributed by atoms with van der Waals surface area (Å²) in [7, 11) is -2.76. The fourth-order valence-corrected chi connectivity index (χ4v) is 2.92. The van der Waals surface area contributed by atoms with Gasteiger partial charge in [-0.15, -0.1) is 0 Å². The van der Waals surface area contributed by atoms with E-state index in [2.05, 4.69) is 9.36 Å². The number of aryl methyl sites for hydroxylation is 1. The fraction of sp³-hybridized carbons (Fsp3) is 0.0714. The zero-order chi connectivity index (χ0) is 16.3. The summed E-state index contributed by atoms with van der Waals surface area (Å²) >= 11 is 0. The number of anilines is 1. The molecule has 0 saturated heterocycles. The van der Waals surface area contributed by atoms with Crippen LogP contribution in [0.1, 0.15) is 15.9 Å². The van der Waals surface area contributed by atoms with Gasteiger partial charge in [0.1, 0.15) is 15.9 Å². The van der Waals surface area contributed by atoms with E-state index in [0.29, 0.717) is 11.3 Å². The zero-order valence-electron chi connectivity index (χ0n) is 11.7. The lowest BCUT2D eigenvalue weighted by Gasteiger charge is -2.07. The molecule has 1 amide bonds. The average molecular weight is 336 g/mol. The largest absolute Gasteiger partial charge is 0.322 e. The predicted octanol–water partition coefficient (Wildman–Crippen LogP) is 1.89. The predicted molar refractivity (Wildman–Crippen MR) is 83.7 cm³/mol. The van der Waals surface area contributed by atoms with E-state index in [9.17, 15) is 17.6 Å². The topological polar surface area (TPSA) is 75.6 Å². The van der Waals surface area contributed by atoms with Crippen molar-refractivity contribution >= 4 is 31.7 Å². The number of halogens is 1. The molecule has 0 aromatic heterocycles. The molecule has 0 aliphatic rings. The Labute approximate surface area is 130 Å². The molecule has 22 heavy (non-hydrogen) atoms. The van der Waals surface area contributed by atoms with E-state index in [1.165, 1.54) is 42.5 Å². The first-order chi connectivity index (χ1) is 10.3. The highest BCUT2D eigenvalue weighted by molar-refractivity contribution is 7.90.